The van der Waals surface area contributed by atoms with Gasteiger partial charge in [0.1, 0.15) is 12.4 Å². The van der Waals surface area contributed by atoms with Gasteiger partial charge in [0, 0.05) is 50.7 Å². The number of hydrogen-bond acceptors (Lipinski definition) is 2. The van der Waals surface area contributed by atoms with Crippen molar-refractivity contribution in [2.75, 3.05) is 0 Å². The first kappa shape index (κ1) is 26.3. The highest BCUT2D eigenvalue weighted by molar-refractivity contribution is 6.10. The Labute approximate surface area is 266 Å². The number of aromatic nitrogens is 3. The van der Waals surface area contributed by atoms with Crippen LogP contribution in [0.4, 0.5) is 0 Å². The molecule has 218 valence electrons. The maximum atomic E-state index is 6.49. The van der Waals surface area contributed by atoms with Gasteiger partial charge in [0.25, 0.3) is 0 Å². The molecule has 0 unspecified atom stereocenters. The minimum Gasteiger partial charge on any atom is -0.489 e. The van der Waals surface area contributed by atoms with Crippen LogP contribution in [0.25, 0.3) is 66.2 Å². The normalized spacial score (nSPS) is 11.6. The van der Waals surface area contributed by atoms with Crippen LogP contribution in [0.2, 0.25) is 0 Å². The van der Waals surface area contributed by atoms with Gasteiger partial charge >= 0.3 is 0 Å². The zero-order chi connectivity index (χ0) is 30.5. The van der Waals surface area contributed by atoms with Crippen LogP contribution in [0.15, 0.2) is 164 Å². The Hall–Kier alpha value is -6.13. The first-order chi connectivity index (χ1) is 22.8. The average Bonchev–Trinajstić information content (AvgIpc) is 3.64. The van der Waals surface area contributed by atoms with Crippen LogP contribution < -0.4 is 4.74 Å². The molecule has 4 nitrogen and oxygen atoms in total. The van der Waals surface area contributed by atoms with Gasteiger partial charge in [-0.3, -0.25) is 4.98 Å². The second kappa shape index (κ2) is 10.8. The molecule has 0 aliphatic rings. The van der Waals surface area contributed by atoms with Gasteiger partial charge in [-0.25, -0.2) is 0 Å². The van der Waals surface area contributed by atoms with Gasteiger partial charge in [0.2, 0.25) is 0 Å². The number of para-hydroxylation sites is 4. The van der Waals surface area contributed by atoms with Crippen molar-refractivity contribution < 1.29 is 4.74 Å². The highest BCUT2D eigenvalue weighted by atomic mass is 16.5. The molecule has 3 heterocycles. The molecule has 0 aliphatic carbocycles. The SMILES string of the molecule is c1ccc(-c2cc(OCc3cc(-n4c5ccccc5c5ccccc54)cc(-n4c5ccccc5c5ccccc54)c3)ccn2)cc1. The fourth-order valence-corrected chi connectivity index (χ4v) is 6.83. The summed E-state index contributed by atoms with van der Waals surface area (Å²) in [5, 5.41) is 4.96. The van der Waals surface area contributed by atoms with Crippen LogP contribution in [0.3, 0.4) is 0 Å². The highest BCUT2D eigenvalue weighted by Gasteiger charge is 2.17. The van der Waals surface area contributed by atoms with Crippen molar-refractivity contribution in [3.05, 3.63) is 169 Å². The third kappa shape index (κ3) is 4.34. The monoisotopic (exact) mass is 591 g/mol. The second-order valence-corrected chi connectivity index (χ2v) is 11.6. The van der Waals surface area contributed by atoms with E-state index in [4.69, 9.17) is 4.74 Å². The minimum atomic E-state index is 0.410. The number of pyridine rings is 1. The van der Waals surface area contributed by atoms with Crippen molar-refractivity contribution in [1.82, 2.24) is 14.1 Å². The van der Waals surface area contributed by atoms with Gasteiger partial charge < -0.3 is 13.9 Å². The first-order valence-corrected chi connectivity index (χ1v) is 15.6. The largest absolute Gasteiger partial charge is 0.489 e. The number of benzene rings is 6. The van der Waals surface area contributed by atoms with Crippen molar-refractivity contribution in [2.24, 2.45) is 0 Å². The quantitative estimate of drug-likeness (QED) is 0.193. The lowest BCUT2D eigenvalue weighted by molar-refractivity contribution is 0.306. The summed E-state index contributed by atoms with van der Waals surface area (Å²) in [5.41, 5.74) is 9.93. The molecule has 6 aromatic carbocycles. The van der Waals surface area contributed by atoms with E-state index in [9.17, 15) is 0 Å². The Kier molecular flexibility index (Phi) is 6.17. The summed E-state index contributed by atoms with van der Waals surface area (Å²) in [4.78, 5) is 4.59. The van der Waals surface area contributed by atoms with Gasteiger partial charge in [-0.05, 0) is 54.1 Å². The predicted octanol–water partition coefficient (Wildman–Crippen LogP) is 10.5. The van der Waals surface area contributed by atoms with E-state index in [0.717, 1.165) is 33.9 Å². The van der Waals surface area contributed by atoms with E-state index in [1.807, 2.05) is 36.5 Å². The predicted molar refractivity (Wildman–Crippen MR) is 189 cm³/mol. The fourth-order valence-electron chi connectivity index (χ4n) is 6.83. The van der Waals surface area contributed by atoms with Gasteiger partial charge in [-0.2, -0.15) is 0 Å². The number of ether oxygens (including phenoxy) is 1. The van der Waals surface area contributed by atoms with Crippen molar-refractivity contribution in [3.63, 3.8) is 0 Å². The number of fused-ring (bicyclic) bond motifs is 6. The highest BCUT2D eigenvalue weighted by Crippen LogP contribution is 2.36. The Balaban J connectivity index is 1.23. The summed E-state index contributed by atoms with van der Waals surface area (Å²) in [6.07, 6.45) is 1.82. The Morgan fingerprint density at radius 1 is 0.457 bits per heavy atom. The topological polar surface area (TPSA) is 32.0 Å². The van der Waals surface area contributed by atoms with E-state index in [1.54, 1.807) is 0 Å². The Morgan fingerprint density at radius 3 is 1.41 bits per heavy atom. The number of hydrogen-bond donors (Lipinski definition) is 0. The molecular weight excluding hydrogens is 562 g/mol. The summed E-state index contributed by atoms with van der Waals surface area (Å²) < 4.78 is 11.3. The molecule has 0 fully saturated rings. The molecule has 0 saturated carbocycles. The minimum absolute atomic E-state index is 0.410. The van der Waals surface area contributed by atoms with Crippen molar-refractivity contribution >= 4 is 43.6 Å². The van der Waals surface area contributed by atoms with E-state index < -0.39 is 0 Å². The lowest BCUT2D eigenvalue weighted by atomic mass is 10.1. The zero-order valence-electron chi connectivity index (χ0n) is 25.0. The molecular formula is C42H29N3O. The van der Waals surface area contributed by atoms with Crippen LogP contribution in [0.1, 0.15) is 5.56 Å². The van der Waals surface area contributed by atoms with E-state index in [1.165, 1.54) is 43.6 Å². The first-order valence-electron chi connectivity index (χ1n) is 15.6. The molecule has 0 radical (unpaired) electrons. The Morgan fingerprint density at radius 2 is 0.913 bits per heavy atom. The van der Waals surface area contributed by atoms with Crippen LogP contribution in [-0.2, 0) is 6.61 Å². The molecule has 0 amide bonds. The Bertz CT molecular complexity index is 2300. The van der Waals surface area contributed by atoms with Crippen LogP contribution in [-0.4, -0.2) is 14.1 Å². The zero-order valence-corrected chi connectivity index (χ0v) is 25.0. The summed E-state index contributed by atoms with van der Waals surface area (Å²) in [6.45, 7) is 0.410. The standard InChI is InChI=1S/C42H29N3O/c1-2-12-30(13-3-1)38-27-33(22-23-43-38)46-28-29-24-31(44-39-18-8-4-14-34(39)35-15-5-9-19-40(35)44)26-32(25-29)45-41-20-10-6-16-36(41)37-17-7-11-21-42(37)45/h1-27H,28H2. The van der Waals surface area contributed by atoms with Crippen LogP contribution in [0.5, 0.6) is 5.75 Å². The molecule has 46 heavy (non-hydrogen) atoms. The number of nitrogens with zero attached hydrogens (tertiary/aromatic N) is 3. The maximum absolute atomic E-state index is 6.49. The lowest BCUT2D eigenvalue weighted by Crippen LogP contribution is -2.03. The molecule has 0 bridgehead atoms. The van der Waals surface area contributed by atoms with E-state index in [-0.39, 0.29) is 0 Å². The average molecular weight is 592 g/mol. The molecule has 0 spiro atoms. The molecule has 0 saturated heterocycles. The summed E-state index contributed by atoms with van der Waals surface area (Å²) in [7, 11) is 0. The molecule has 0 aliphatic heterocycles. The van der Waals surface area contributed by atoms with Gasteiger partial charge in [-0.1, -0.05) is 103 Å². The molecule has 4 heteroatoms. The van der Waals surface area contributed by atoms with Crippen molar-refractivity contribution in [2.45, 2.75) is 6.61 Å². The molecule has 3 aromatic heterocycles. The van der Waals surface area contributed by atoms with E-state index in [0.29, 0.717) is 6.61 Å². The van der Waals surface area contributed by atoms with Crippen molar-refractivity contribution in [1.29, 1.82) is 0 Å². The van der Waals surface area contributed by atoms with Gasteiger partial charge in [0.15, 0.2) is 0 Å². The van der Waals surface area contributed by atoms with Crippen LogP contribution >= 0.6 is 0 Å². The fraction of sp³-hybridized carbons (Fsp3) is 0.0238. The van der Waals surface area contributed by atoms with Crippen LogP contribution in [0, 0.1) is 0 Å². The second-order valence-electron chi connectivity index (χ2n) is 11.6. The summed E-state index contributed by atoms with van der Waals surface area (Å²) >= 11 is 0. The summed E-state index contributed by atoms with van der Waals surface area (Å²) in [6, 6.07) is 55.6. The smallest absolute Gasteiger partial charge is 0.123 e. The number of rotatable bonds is 6. The third-order valence-corrected chi connectivity index (χ3v) is 8.85. The summed E-state index contributed by atoms with van der Waals surface area (Å²) in [5.74, 6) is 0.787. The lowest BCUT2D eigenvalue weighted by Gasteiger charge is -2.16. The van der Waals surface area contributed by atoms with Gasteiger partial charge in [-0.15, -0.1) is 0 Å². The molecule has 9 rings (SSSR count). The maximum Gasteiger partial charge on any atom is 0.123 e. The molecule has 0 atom stereocenters. The van der Waals surface area contributed by atoms with E-state index >= 15 is 0 Å². The van der Waals surface area contributed by atoms with Crippen molar-refractivity contribution in [3.8, 4) is 28.4 Å². The molecule has 0 N–H and O–H groups in total. The van der Waals surface area contributed by atoms with E-state index in [2.05, 4.69) is 142 Å². The third-order valence-electron chi connectivity index (χ3n) is 8.85. The molecule has 9 aromatic rings. The van der Waals surface area contributed by atoms with Gasteiger partial charge in [0.05, 0.1) is 27.8 Å².